The van der Waals surface area contributed by atoms with Gasteiger partial charge in [0.25, 0.3) is 0 Å². The van der Waals surface area contributed by atoms with Crippen LogP contribution in [-0.4, -0.2) is 50.3 Å². The second-order valence-corrected chi connectivity index (χ2v) is 7.69. The highest BCUT2D eigenvalue weighted by molar-refractivity contribution is 7.89. The smallest absolute Gasteiger partial charge is 0.243 e. The van der Waals surface area contributed by atoms with E-state index in [1.54, 1.807) is 49.4 Å². The third kappa shape index (κ3) is 3.89. The molecular formula is C18H20N2O4S. The van der Waals surface area contributed by atoms with Crippen LogP contribution in [0.5, 0.6) is 5.75 Å². The van der Waals surface area contributed by atoms with Crippen molar-refractivity contribution >= 4 is 21.9 Å². The molecule has 0 spiro atoms. The van der Waals surface area contributed by atoms with E-state index in [0.717, 1.165) is 0 Å². The minimum absolute atomic E-state index is 0.125. The minimum Gasteiger partial charge on any atom is -0.507 e. The fraction of sp³-hybridized carbons (Fsp3) is 0.278. The fourth-order valence-corrected chi connectivity index (χ4v) is 4.27. The van der Waals surface area contributed by atoms with Crippen LogP contribution in [0.1, 0.15) is 11.1 Å². The lowest BCUT2D eigenvalue weighted by Crippen LogP contribution is -2.40. The molecule has 1 aliphatic rings. The average Bonchev–Trinajstić information content (AvgIpc) is 2.63. The molecule has 25 heavy (non-hydrogen) atoms. The zero-order valence-electron chi connectivity index (χ0n) is 13.9. The van der Waals surface area contributed by atoms with Crippen molar-refractivity contribution in [2.45, 2.75) is 11.8 Å². The van der Waals surface area contributed by atoms with Gasteiger partial charge in [-0.3, -0.25) is 4.99 Å². The Bertz CT molecular complexity index is 888. The third-order valence-corrected chi connectivity index (χ3v) is 6.09. The molecule has 0 aromatic heterocycles. The normalized spacial score (nSPS) is 16.4. The highest BCUT2D eigenvalue weighted by Gasteiger charge is 2.27. The Hall–Kier alpha value is -2.22. The maximum Gasteiger partial charge on any atom is 0.243 e. The molecule has 0 atom stereocenters. The van der Waals surface area contributed by atoms with Crippen LogP contribution in [0.2, 0.25) is 0 Å². The summed E-state index contributed by atoms with van der Waals surface area (Å²) in [6.07, 6.45) is 1.52. The number of aromatic hydroxyl groups is 1. The first-order chi connectivity index (χ1) is 12.0. The lowest BCUT2D eigenvalue weighted by molar-refractivity contribution is 0.0730. The van der Waals surface area contributed by atoms with Crippen molar-refractivity contribution in [2.75, 3.05) is 26.3 Å². The SMILES string of the molecule is Cc1ccc(N=Cc2ccccc2O)cc1S(=O)(=O)N1CCOCC1. The van der Waals surface area contributed by atoms with Crippen LogP contribution in [0, 0.1) is 6.92 Å². The van der Waals surface area contributed by atoms with Gasteiger partial charge in [-0.15, -0.1) is 0 Å². The van der Waals surface area contributed by atoms with Crippen molar-refractivity contribution < 1.29 is 18.3 Å². The number of para-hydroxylation sites is 1. The van der Waals surface area contributed by atoms with E-state index < -0.39 is 10.0 Å². The van der Waals surface area contributed by atoms with Crippen molar-refractivity contribution in [2.24, 2.45) is 4.99 Å². The molecule has 1 N–H and O–H groups in total. The second kappa shape index (κ2) is 7.35. The van der Waals surface area contributed by atoms with Crippen LogP contribution in [0.3, 0.4) is 0 Å². The monoisotopic (exact) mass is 360 g/mol. The third-order valence-electron chi connectivity index (χ3n) is 4.05. The van der Waals surface area contributed by atoms with E-state index in [-0.39, 0.29) is 10.6 Å². The molecule has 1 fully saturated rings. The molecule has 0 bridgehead atoms. The Balaban J connectivity index is 1.92. The first kappa shape index (κ1) is 17.6. The number of hydrogen-bond acceptors (Lipinski definition) is 5. The summed E-state index contributed by atoms with van der Waals surface area (Å²) in [5, 5.41) is 9.78. The molecule has 0 saturated carbocycles. The Labute approximate surface area is 147 Å². The van der Waals surface area contributed by atoms with Gasteiger partial charge in [0.15, 0.2) is 0 Å². The number of rotatable bonds is 4. The highest BCUT2D eigenvalue weighted by atomic mass is 32.2. The van der Waals surface area contributed by atoms with E-state index in [2.05, 4.69) is 4.99 Å². The first-order valence-corrected chi connectivity index (χ1v) is 9.43. The van der Waals surface area contributed by atoms with Crippen molar-refractivity contribution in [1.29, 1.82) is 0 Å². The van der Waals surface area contributed by atoms with E-state index in [0.29, 0.717) is 43.1 Å². The van der Waals surface area contributed by atoms with Gasteiger partial charge < -0.3 is 9.84 Å². The zero-order chi connectivity index (χ0) is 17.9. The summed E-state index contributed by atoms with van der Waals surface area (Å²) in [6.45, 7) is 3.29. The number of hydrogen-bond donors (Lipinski definition) is 1. The van der Waals surface area contributed by atoms with Crippen LogP contribution in [0.25, 0.3) is 0 Å². The molecule has 0 radical (unpaired) electrons. The Morgan fingerprint density at radius 3 is 2.60 bits per heavy atom. The number of aryl methyl sites for hydroxylation is 1. The lowest BCUT2D eigenvalue weighted by atomic mass is 10.2. The predicted molar refractivity (Wildman–Crippen MR) is 96.1 cm³/mol. The Kier molecular flexibility index (Phi) is 5.17. The quantitative estimate of drug-likeness (QED) is 0.850. The maximum atomic E-state index is 12.9. The number of nitrogens with zero attached hydrogens (tertiary/aromatic N) is 2. The van der Waals surface area contributed by atoms with Crippen LogP contribution >= 0.6 is 0 Å². The number of ether oxygens (including phenoxy) is 1. The fourth-order valence-electron chi connectivity index (χ4n) is 2.61. The Morgan fingerprint density at radius 1 is 1.16 bits per heavy atom. The standard InChI is InChI=1S/C18H20N2O4S/c1-14-6-7-16(19-13-15-4-2-3-5-17(15)21)12-18(14)25(22,23)20-8-10-24-11-9-20/h2-7,12-13,21H,8-11H2,1H3. The van der Waals surface area contributed by atoms with Crippen molar-refractivity contribution in [3.8, 4) is 5.75 Å². The molecule has 3 rings (SSSR count). The molecular weight excluding hydrogens is 340 g/mol. The summed E-state index contributed by atoms with van der Waals surface area (Å²) in [6, 6.07) is 11.9. The topological polar surface area (TPSA) is 79.2 Å². The number of aliphatic imine (C=N–C) groups is 1. The lowest BCUT2D eigenvalue weighted by Gasteiger charge is -2.26. The summed E-state index contributed by atoms with van der Waals surface area (Å²) in [4.78, 5) is 4.56. The van der Waals surface area contributed by atoms with Gasteiger partial charge in [-0.25, -0.2) is 8.42 Å². The highest BCUT2D eigenvalue weighted by Crippen LogP contribution is 2.26. The summed E-state index contributed by atoms with van der Waals surface area (Å²) >= 11 is 0. The van der Waals surface area contributed by atoms with E-state index >= 15 is 0 Å². The van der Waals surface area contributed by atoms with E-state index in [9.17, 15) is 13.5 Å². The number of benzene rings is 2. The van der Waals surface area contributed by atoms with Gasteiger partial charge in [-0.05, 0) is 36.8 Å². The second-order valence-electron chi connectivity index (χ2n) is 5.78. The molecule has 0 amide bonds. The molecule has 1 saturated heterocycles. The molecule has 6 nitrogen and oxygen atoms in total. The van der Waals surface area contributed by atoms with Gasteiger partial charge in [0.1, 0.15) is 5.75 Å². The van der Waals surface area contributed by atoms with Crippen LogP contribution in [0.15, 0.2) is 52.4 Å². The van der Waals surface area contributed by atoms with Gasteiger partial charge in [0.05, 0.1) is 23.8 Å². The largest absolute Gasteiger partial charge is 0.507 e. The van der Waals surface area contributed by atoms with Gasteiger partial charge in [0.2, 0.25) is 10.0 Å². The van der Waals surface area contributed by atoms with E-state index in [1.165, 1.54) is 10.5 Å². The summed E-state index contributed by atoms with van der Waals surface area (Å²) < 4.78 is 32.4. The number of sulfonamides is 1. The minimum atomic E-state index is -3.58. The molecule has 1 aliphatic heterocycles. The summed E-state index contributed by atoms with van der Waals surface area (Å²) in [5.74, 6) is 0.125. The zero-order valence-corrected chi connectivity index (χ0v) is 14.7. The van der Waals surface area contributed by atoms with Crippen LogP contribution < -0.4 is 0 Å². The molecule has 2 aromatic rings. The Morgan fingerprint density at radius 2 is 1.88 bits per heavy atom. The maximum absolute atomic E-state index is 12.9. The van der Waals surface area contributed by atoms with Crippen LogP contribution in [-0.2, 0) is 14.8 Å². The molecule has 132 valence electrons. The molecule has 2 aromatic carbocycles. The van der Waals surface area contributed by atoms with Crippen LogP contribution in [0.4, 0.5) is 5.69 Å². The van der Waals surface area contributed by atoms with Gasteiger partial charge in [0, 0.05) is 24.9 Å². The van der Waals surface area contributed by atoms with E-state index in [1.807, 2.05) is 0 Å². The van der Waals surface area contributed by atoms with Gasteiger partial charge in [-0.1, -0.05) is 18.2 Å². The molecule has 0 unspecified atom stereocenters. The average molecular weight is 360 g/mol. The first-order valence-electron chi connectivity index (χ1n) is 7.99. The van der Waals surface area contributed by atoms with E-state index in [4.69, 9.17) is 4.74 Å². The predicted octanol–water partition coefficient (Wildman–Crippen LogP) is 2.47. The molecule has 7 heteroatoms. The molecule has 1 heterocycles. The summed E-state index contributed by atoms with van der Waals surface area (Å²) in [5.41, 5.74) is 1.76. The summed E-state index contributed by atoms with van der Waals surface area (Å²) in [7, 11) is -3.58. The molecule has 0 aliphatic carbocycles. The number of phenolic OH excluding ortho intramolecular Hbond substituents is 1. The van der Waals surface area contributed by atoms with Crippen molar-refractivity contribution in [3.05, 3.63) is 53.6 Å². The van der Waals surface area contributed by atoms with Gasteiger partial charge >= 0.3 is 0 Å². The van der Waals surface area contributed by atoms with Crippen molar-refractivity contribution in [3.63, 3.8) is 0 Å². The van der Waals surface area contributed by atoms with Crippen molar-refractivity contribution in [1.82, 2.24) is 4.31 Å². The van der Waals surface area contributed by atoms with Gasteiger partial charge in [-0.2, -0.15) is 4.31 Å². The number of morpholine rings is 1. The number of phenols is 1.